The Kier molecular flexibility index (Phi) is 4.16. The maximum Gasteiger partial charge on any atom is 0.123 e. The number of likely N-dealkylation sites (tertiary alicyclic amines) is 1. The fourth-order valence-electron chi connectivity index (χ4n) is 3.94. The van der Waals surface area contributed by atoms with Crippen molar-refractivity contribution >= 4 is 5.69 Å². The van der Waals surface area contributed by atoms with Crippen molar-refractivity contribution in [1.29, 1.82) is 0 Å². The van der Waals surface area contributed by atoms with Crippen LogP contribution >= 0.6 is 0 Å². The van der Waals surface area contributed by atoms with E-state index in [-0.39, 0.29) is 0 Å². The van der Waals surface area contributed by atoms with Gasteiger partial charge in [0.25, 0.3) is 0 Å². The molecule has 1 saturated carbocycles. The number of anilines is 1. The highest BCUT2D eigenvalue weighted by Crippen LogP contribution is 2.37. The predicted molar refractivity (Wildman–Crippen MR) is 82.8 cm³/mol. The number of ether oxygens (including phenoxy) is 1. The molecule has 1 aliphatic carbocycles. The molecule has 3 rings (SSSR count). The Morgan fingerprint density at radius 2 is 2.10 bits per heavy atom. The third-order valence-corrected chi connectivity index (χ3v) is 4.88. The molecule has 0 spiro atoms. The molecule has 0 aromatic heterocycles. The third-order valence-electron chi connectivity index (χ3n) is 4.88. The van der Waals surface area contributed by atoms with Crippen LogP contribution in [0.25, 0.3) is 0 Å². The molecule has 2 unspecified atom stereocenters. The summed E-state index contributed by atoms with van der Waals surface area (Å²) in [7, 11) is 0. The van der Waals surface area contributed by atoms with Crippen molar-refractivity contribution in [1.82, 2.24) is 4.90 Å². The Morgan fingerprint density at radius 3 is 2.95 bits per heavy atom. The van der Waals surface area contributed by atoms with E-state index < -0.39 is 0 Å². The molecule has 0 radical (unpaired) electrons. The molecule has 1 saturated heterocycles. The van der Waals surface area contributed by atoms with Crippen molar-refractivity contribution in [2.24, 2.45) is 5.92 Å². The van der Waals surface area contributed by atoms with Crippen LogP contribution in [0.5, 0.6) is 5.75 Å². The predicted octanol–water partition coefficient (Wildman–Crippen LogP) is 3.43. The van der Waals surface area contributed by atoms with E-state index in [4.69, 9.17) is 10.5 Å². The topological polar surface area (TPSA) is 38.5 Å². The van der Waals surface area contributed by atoms with Crippen molar-refractivity contribution in [2.75, 3.05) is 18.9 Å². The highest BCUT2D eigenvalue weighted by Gasteiger charge is 2.35. The minimum Gasteiger partial charge on any atom is -0.494 e. The van der Waals surface area contributed by atoms with Crippen molar-refractivity contribution in [2.45, 2.75) is 51.6 Å². The average Bonchev–Trinajstić information content (AvgIpc) is 2.86. The van der Waals surface area contributed by atoms with Gasteiger partial charge in [-0.05, 0) is 56.8 Å². The van der Waals surface area contributed by atoms with Gasteiger partial charge < -0.3 is 10.5 Å². The van der Waals surface area contributed by atoms with Gasteiger partial charge >= 0.3 is 0 Å². The lowest BCUT2D eigenvalue weighted by Gasteiger charge is -2.32. The van der Waals surface area contributed by atoms with Crippen LogP contribution in [-0.4, -0.2) is 24.1 Å². The molecule has 20 heavy (non-hydrogen) atoms. The van der Waals surface area contributed by atoms with E-state index in [1.807, 2.05) is 19.1 Å². The molecule has 2 fully saturated rings. The van der Waals surface area contributed by atoms with Gasteiger partial charge in [-0.3, -0.25) is 4.90 Å². The van der Waals surface area contributed by atoms with Gasteiger partial charge in [-0.1, -0.05) is 12.8 Å². The smallest absolute Gasteiger partial charge is 0.123 e. The van der Waals surface area contributed by atoms with Crippen LogP contribution in [0.3, 0.4) is 0 Å². The minimum absolute atomic E-state index is 0.711. The van der Waals surface area contributed by atoms with Crippen LogP contribution in [0.4, 0.5) is 5.69 Å². The van der Waals surface area contributed by atoms with Gasteiger partial charge in [0.15, 0.2) is 0 Å². The molecule has 0 bridgehead atoms. The van der Waals surface area contributed by atoms with Gasteiger partial charge in [-0.25, -0.2) is 0 Å². The van der Waals surface area contributed by atoms with Crippen LogP contribution in [0.1, 0.15) is 44.6 Å². The SMILES string of the molecule is CCOc1ccc(N)cc1CN1CCC2CCCCC21. The van der Waals surface area contributed by atoms with Gasteiger partial charge in [-0.15, -0.1) is 0 Å². The summed E-state index contributed by atoms with van der Waals surface area (Å²) in [6.07, 6.45) is 6.99. The number of benzene rings is 1. The molecule has 2 atom stereocenters. The van der Waals surface area contributed by atoms with Crippen molar-refractivity contribution < 1.29 is 4.74 Å². The Labute approximate surface area is 122 Å². The molecule has 0 amide bonds. The number of fused-ring (bicyclic) bond motifs is 1. The van der Waals surface area contributed by atoms with Crippen molar-refractivity contribution in [3.63, 3.8) is 0 Å². The van der Waals surface area contributed by atoms with Crippen molar-refractivity contribution in [3.05, 3.63) is 23.8 Å². The van der Waals surface area contributed by atoms with Crippen LogP contribution in [0, 0.1) is 5.92 Å². The Hall–Kier alpha value is -1.22. The largest absolute Gasteiger partial charge is 0.494 e. The Balaban J connectivity index is 1.75. The molecule has 2 N–H and O–H groups in total. The van der Waals surface area contributed by atoms with Crippen LogP contribution < -0.4 is 10.5 Å². The van der Waals surface area contributed by atoms with Crippen LogP contribution in [0.2, 0.25) is 0 Å². The fraction of sp³-hybridized carbons (Fsp3) is 0.647. The molecule has 1 aromatic rings. The van der Waals surface area contributed by atoms with E-state index in [0.29, 0.717) is 6.61 Å². The lowest BCUT2D eigenvalue weighted by atomic mass is 9.85. The van der Waals surface area contributed by atoms with Gasteiger partial charge in [0.2, 0.25) is 0 Å². The lowest BCUT2D eigenvalue weighted by Crippen LogP contribution is -2.34. The lowest BCUT2D eigenvalue weighted by molar-refractivity contribution is 0.174. The second kappa shape index (κ2) is 6.04. The molecule has 1 aliphatic heterocycles. The maximum absolute atomic E-state index is 5.96. The van der Waals surface area contributed by atoms with Gasteiger partial charge in [0.1, 0.15) is 5.75 Å². The number of nitrogens with two attached hydrogens (primary N) is 1. The number of nitrogen functional groups attached to an aromatic ring is 1. The number of hydrogen-bond donors (Lipinski definition) is 1. The van der Waals surface area contributed by atoms with Gasteiger partial charge in [-0.2, -0.15) is 0 Å². The normalized spacial score (nSPS) is 26.4. The van der Waals surface area contributed by atoms with E-state index in [1.54, 1.807) is 0 Å². The fourth-order valence-corrected chi connectivity index (χ4v) is 3.94. The standard InChI is InChI=1S/C17H26N2O/c1-2-20-17-8-7-15(18)11-14(17)12-19-10-9-13-5-3-4-6-16(13)19/h7-8,11,13,16H,2-6,9-10,12,18H2,1H3. The molecule has 110 valence electrons. The maximum atomic E-state index is 5.96. The van der Waals surface area contributed by atoms with Crippen LogP contribution in [0.15, 0.2) is 18.2 Å². The summed E-state index contributed by atoms with van der Waals surface area (Å²) in [5.74, 6) is 1.93. The Morgan fingerprint density at radius 1 is 1.25 bits per heavy atom. The van der Waals surface area contributed by atoms with Crippen molar-refractivity contribution in [3.8, 4) is 5.75 Å². The first kappa shape index (κ1) is 13.7. The summed E-state index contributed by atoms with van der Waals surface area (Å²) in [6, 6.07) is 6.82. The van der Waals surface area contributed by atoms with E-state index in [9.17, 15) is 0 Å². The highest BCUT2D eigenvalue weighted by molar-refractivity contribution is 5.47. The molecule has 1 heterocycles. The van der Waals surface area contributed by atoms with E-state index in [1.165, 1.54) is 44.2 Å². The zero-order valence-electron chi connectivity index (χ0n) is 12.5. The average molecular weight is 274 g/mol. The van der Waals surface area contributed by atoms with E-state index in [2.05, 4.69) is 11.0 Å². The zero-order chi connectivity index (χ0) is 13.9. The summed E-state index contributed by atoms with van der Waals surface area (Å²) in [5, 5.41) is 0. The summed E-state index contributed by atoms with van der Waals surface area (Å²) < 4.78 is 5.76. The highest BCUT2D eigenvalue weighted by atomic mass is 16.5. The summed E-state index contributed by atoms with van der Waals surface area (Å²) in [5.41, 5.74) is 8.04. The first-order valence-corrected chi connectivity index (χ1v) is 8.03. The molecular formula is C17H26N2O. The van der Waals surface area contributed by atoms with E-state index >= 15 is 0 Å². The molecule has 1 aromatic carbocycles. The first-order valence-electron chi connectivity index (χ1n) is 8.03. The zero-order valence-corrected chi connectivity index (χ0v) is 12.5. The molecule has 3 heteroatoms. The number of nitrogens with zero attached hydrogens (tertiary/aromatic N) is 1. The summed E-state index contributed by atoms with van der Waals surface area (Å²) in [6.45, 7) is 4.97. The van der Waals surface area contributed by atoms with Gasteiger partial charge in [0.05, 0.1) is 6.61 Å². The van der Waals surface area contributed by atoms with E-state index in [0.717, 1.165) is 29.9 Å². The van der Waals surface area contributed by atoms with Crippen LogP contribution in [-0.2, 0) is 6.54 Å². The molecular weight excluding hydrogens is 248 g/mol. The quantitative estimate of drug-likeness (QED) is 0.855. The number of rotatable bonds is 4. The Bertz CT molecular complexity index is 460. The molecule has 2 aliphatic rings. The molecule has 3 nitrogen and oxygen atoms in total. The second-order valence-corrected chi connectivity index (χ2v) is 6.17. The minimum atomic E-state index is 0.711. The summed E-state index contributed by atoms with van der Waals surface area (Å²) in [4.78, 5) is 2.65. The van der Waals surface area contributed by atoms with Gasteiger partial charge in [0, 0.05) is 23.8 Å². The third kappa shape index (κ3) is 2.78. The monoisotopic (exact) mass is 274 g/mol. The summed E-state index contributed by atoms with van der Waals surface area (Å²) >= 11 is 0. The number of hydrogen-bond acceptors (Lipinski definition) is 3. The first-order chi connectivity index (χ1) is 9.78. The second-order valence-electron chi connectivity index (χ2n) is 6.17.